The second kappa shape index (κ2) is 5.79. The monoisotopic (exact) mass is 225 g/mol. The molecule has 0 saturated carbocycles. The Morgan fingerprint density at radius 3 is 2.87 bits per heavy atom. The normalized spacial score (nSPS) is 12.2. The second-order valence-electron chi connectivity index (χ2n) is 3.40. The molecule has 0 heterocycles. The van der Waals surface area contributed by atoms with E-state index in [-0.39, 0.29) is 6.04 Å². The van der Waals surface area contributed by atoms with E-state index < -0.39 is 0 Å². The van der Waals surface area contributed by atoms with Gasteiger partial charge in [-0.15, -0.1) is 6.58 Å². The van der Waals surface area contributed by atoms with E-state index in [2.05, 4.69) is 6.58 Å². The molecule has 1 atom stereocenters. The number of rotatable bonds is 5. The highest BCUT2D eigenvalue weighted by atomic mass is 35.5. The van der Waals surface area contributed by atoms with E-state index in [0.717, 1.165) is 12.0 Å². The first kappa shape index (κ1) is 12.1. The minimum absolute atomic E-state index is 0.00951. The fourth-order valence-corrected chi connectivity index (χ4v) is 1.41. The summed E-state index contributed by atoms with van der Waals surface area (Å²) in [7, 11) is 0. The van der Waals surface area contributed by atoms with Crippen LogP contribution >= 0.6 is 11.6 Å². The minimum atomic E-state index is -0.00951. The maximum atomic E-state index is 6.05. The zero-order chi connectivity index (χ0) is 11.3. The van der Waals surface area contributed by atoms with Gasteiger partial charge < -0.3 is 10.5 Å². The van der Waals surface area contributed by atoms with Gasteiger partial charge in [0.1, 0.15) is 5.75 Å². The van der Waals surface area contributed by atoms with Crippen molar-refractivity contribution in [3.8, 4) is 5.75 Å². The van der Waals surface area contributed by atoms with Gasteiger partial charge in [0.25, 0.3) is 0 Å². The van der Waals surface area contributed by atoms with Crippen molar-refractivity contribution in [2.24, 2.45) is 5.73 Å². The molecule has 0 radical (unpaired) electrons. The third kappa shape index (κ3) is 3.57. The number of nitrogens with two attached hydrogens (primary N) is 1. The topological polar surface area (TPSA) is 35.2 Å². The minimum Gasteiger partial charge on any atom is -0.492 e. The first-order chi connectivity index (χ1) is 7.15. The fourth-order valence-electron chi connectivity index (χ4n) is 1.17. The summed E-state index contributed by atoms with van der Waals surface area (Å²) in [4.78, 5) is 0. The van der Waals surface area contributed by atoms with Crippen LogP contribution in [0.5, 0.6) is 5.75 Å². The molecular weight excluding hydrogens is 210 g/mol. The van der Waals surface area contributed by atoms with Crippen LogP contribution in [-0.4, -0.2) is 6.61 Å². The molecular formula is C12H16ClNO. The quantitative estimate of drug-likeness (QED) is 0.616. The molecule has 1 rings (SSSR count). The van der Waals surface area contributed by atoms with Crippen molar-refractivity contribution in [1.82, 2.24) is 0 Å². The summed E-state index contributed by atoms with van der Waals surface area (Å²) < 4.78 is 5.47. The maximum absolute atomic E-state index is 6.05. The Morgan fingerprint density at radius 2 is 2.33 bits per heavy atom. The summed E-state index contributed by atoms with van der Waals surface area (Å²) in [5.41, 5.74) is 6.75. The summed E-state index contributed by atoms with van der Waals surface area (Å²) in [5.74, 6) is 0.697. The van der Waals surface area contributed by atoms with Gasteiger partial charge in [-0.1, -0.05) is 23.7 Å². The summed E-state index contributed by atoms with van der Waals surface area (Å²) in [6.07, 6.45) is 2.62. The van der Waals surface area contributed by atoms with E-state index in [0.29, 0.717) is 17.4 Å². The molecule has 3 heteroatoms. The Kier molecular flexibility index (Phi) is 4.66. The molecule has 0 aliphatic heterocycles. The van der Waals surface area contributed by atoms with Gasteiger partial charge in [0.2, 0.25) is 0 Å². The molecule has 2 nitrogen and oxygen atoms in total. The van der Waals surface area contributed by atoms with Crippen molar-refractivity contribution in [3.05, 3.63) is 41.4 Å². The van der Waals surface area contributed by atoms with E-state index >= 15 is 0 Å². The van der Waals surface area contributed by atoms with Crippen molar-refractivity contribution in [3.63, 3.8) is 0 Å². The van der Waals surface area contributed by atoms with Crippen LogP contribution in [0.1, 0.15) is 24.9 Å². The Hall–Kier alpha value is -0.990. The zero-order valence-corrected chi connectivity index (χ0v) is 9.63. The molecule has 1 aromatic rings. The van der Waals surface area contributed by atoms with Crippen LogP contribution in [0.25, 0.3) is 0 Å². The lowest BCUT2D eigenvalue weighted by atomic mass is 10.1. The predicted octanol–water partition coefficient (Wildman–Crippen LogP) is 3.31. The Morgan fingerprint density at radius 1 is 1.60 bits per heavy atom. The first-order valence-corrected chi connectivity index (χ1v) is 5.31. The summed E-state index contributed by atoms with van der Waals surface area (Å²) in [6, 6.07) is 5.61. The van der Waals surface area contributed by atoms with Gasteiger partial charge in [-0.3, -0.25) is 0 Å². The third-order valence-electron chi connectivity index (χ3n) is 2.06. The van der Waals surface area contributed by atoms with Gasteiger partial charge in [0, 0.05) is 6.04 Å². The van der Waals surface area contributed by atoms with Gasteiger partial charge in [0.05, 0.1) is 11.6 Å². The smallest absolute Gasteiger partial charge is 0.137 e. The average Bonchev–Trinajstić information content (AvgIpc) is 2.20. The van der Waals surface area contributed by atoms with Crippen molar-refractivity contribution in [2.45, 2.75) is 19.4 Å². The number of hydrogen-bond donors (Lipinski definition) is 1. The summed E-state index contributed by atoms with van der Waals surface area (Å²) in [6.45, 7) is 6.14. The molecule has 0 spiro atoms. The molecule has 2 N–H and O–H groups in total. The Balaban J connectivity index is 2.70. The fraction of sp³-hybridized carbons (Fsp3) is 0.333. The van der Waals surface area contributed by atoms with Crippen LogP contribution in [0.2, 0.25) is 5.02 Å². The molecule has 0 aromatic heterocycles. The molecule has 0 saturated heterocycles. The lowest BCUT2D eigenvalue weighted by Crippen LogP contribution is -2.05. The molecule has 0 aliphatic rings. The molecule has 0 bridgehead atoms. The second-order valence-corrected chi connectivity index (χ2v) is 3.81. The zero-order valence-electron chi connectivity index (χ0n) is 8.87. The highest BCUT2D eigenvalue weighted by Crippen LogP contribution is 2.27. The number of hydrogen-bond acceptors (Lipinski definition) is 2. The van der Waals surface area contributed by atoms with E-state index in [4.69, 9.17) is 22.1 Å². The summed E-state index contributed by atoms with van der Waals surface area (Å²) in [5, 5.41) is 0.605. The van der Waals surface area contributed by atoms with Crippen LogP contribution < -0.4 is 10.5 Å². The Bertz CT molecular complexity index is 336. The summed E-state index contributed by atoms with van der Waals surface area (Å²) >= 11 is 6.05. The highest BCUT2D eigenvalue weighted by molar-refractivity contribution is 6.32. The molecule has 0 aliphatic carbocycles. The molecule has 82 valence electrons. The van der Waals surface area contributed by atoms with Gasteiger partial charge >= 0.3 is 0 Å². The molecule has 15 heavy (non-hydrogen) atoms. The van der Waals surface area contributed by atoms with Gasteiger partial charge in [0.15, 0.2) is 0 Å². The standard InChI is InChI=1S/C12H16ClNO/c1-3-4-7-15-12-6-5-10(9(2)14)8-11(12)13/h3,5-6,8-9H,1,4,7,14H2,2H3. The Labute approximate surface area is 95.7 Å². The largest absolute Gasteiger partial charge is 0.492 e. The molecule has 1 unspecified atom stereocenters. The highest BCUT2D eigenvalue weighted by Gasteiger charge is 2.05. The van der Waals surface area contributed by atoms with E-state index in [1.54, 1.807) is 0 Å². The number of ether oxygens (including phenoxy) is 1. The lowest BCUT2D eigenvalue weighted by molar-refractivity contribution is 0.325. The van der Waals surface area contributed by atoms with Crippen molar-refractivity contribution in [1.29, 1.82) is 0 Å². The predicted molar refractivity (Wildman–Crippen MR) is 64.4 cm³/mol. The SMILES string of the molecule is C=CCCOc1ccc(C(C)N)cc1Cl. The van der Waals surface area contributed by atoms with Crippen LogP contribution in [0, 0.1) is 0 Å². The van der Waals surface area contributed by atoms with Gasteiger partial charge in [-0.2, -0.15) is 0 Å². The number of benzene rings is 1. The van der Waals surface area contributed by atoms with E-state index in [1.807, 2.05) is 31.2 Å². The van der Waals surface area contributed by atoms with Crippen molar-refractivity contribution in [2.75, 3.05) is 6.61 Å². The van der Waals surface area contributed by atoms with E-state index in [1.165, 1.54) is 0 Å². The molecule has 0 fully saturated rings. The average molecular weight is 226 g/mol. The van der Waals surface area contributed by atoms with Crippen molar-refractivity contribution < 1.29 is 4.74 Å². The van der Waals surface area contributed by atoms with Crippen LogP contribution in [0.4, 0.5) is 0 Å². The van der Waals surface area contributed by atoms with Crippen LogP contribution in [0.15, 0.2) is 30.9 Å². The maximum Gasteiger partial charge on any atom is 0.137 e. The molecule has 1 aromatic carbocycles. The lowest BCUT2D eigenvalue weighted by Gasteiger charge is -2.10. The van der Waals surface area contributed by atoms with Gasteiger partial charge in [-0.25, -0.2) is 0 Å². The van der Waals surface area contributed by atoms with Crippen LogP contribution in [-0.2, 0) is 0 Å². The van der Waals surface area contributed by atoms with E-state index in [9.17, 15) is 0 Å². The van der Waals surface area contributed by atoms with Crippen molar-refractivity contribution >= 4 is 11.6 Å². The molecule has 0 amide bonds. The number of halogens is 1. The van der Waals surface area contributed by atoms with Gasteiger partial charge in [-0.05, 0) is 31.0 Å². The first-order valence-electron chi connectivity index (χ1n) is 4.94. The van der Waals surface area contributed by atoms with Crippen LogP contribution in [0.3, 0.4) is 0 Å². The third-order valence-corrected chi connectivity index (χ3v) is 2.36.